The number of aromatic nitrogens is 1. The lowest BCUT2D eigenvalue weighted by Gasteiger charge is -2.24. The van der Waals surface area contributed by atoms with Gasteiger partial charge in [0.2, 0.25) is 5.76 Å². The number of carbonyl (C=O) groups excluding carboxylic acids is 1. The highest BCUT2D eigenvalue weighted by molar-refractivity contribution is 6.10. The van der Waals surface area contributed by atoms with E-state index in [9.17, 15) is 9.59 Å². The average molecular weight is 396 g/mol. The minimum atomic E-state index is -0.592. The zero-order valence-corrected chi connectivity index (χ0v) is 17.0. The topological polar surface area (TPSA) is 63.4 Å². The van der Waals surface area contributed by atoms with Gasteiger partial charge in [-0.25, -0.2) is 4.98 Å². The van der Waals surface area contributed by atoms with Gasteiger partial charge in [0.05, 0.1) is 17.0 Å². The second-order valence-electron chi connectivity index (χ2n) is 7.73. The summed E-state index contributed by atoms with van der Waals surface area (Å²) in [6.45, 7) is 5.79. The average Bonchev–Trinajstić information content (AvgIpc) is 3.03. The number of hydrogen-bond acceptors (Lipinski definition) is 4. The van der Waals surface area contributed by atoms with Crippen molar-refractivity contribution in [2.45, 2.75) is 26.8 Å². The second-order valence-corrected chi connectivity index (χ2v) is 7.73. The first-order valence-electron chi connectivity index (χ1n) is 9.86. The molecule has 0 radical (unpaired) electrons. The summed E-state index contributed by atoms with van der Waals surface area (Å²) >= 11 is 0. The molecule has 0 saturated carbocycles. The van der Waals surface area contributed by atoms with E-state index in [0.717, 1.165) is 22.4 Å². The number of amides is 1. The maximum absolute atomic E-state index is 13.6. The number of aryl methyl sites for hydroxylation is 3. The molecule has 1 amide bonds. The van der Waals surface area contributed by atoms with Crippen molar-refractivity contribution in [3.05, 3.63) is 105 Å². The van der Waals surface area contributed by atoms with Crippen LogP contribution in [0.4, 0.5) is 5.82 Å². The van der Waals surface area contributed by atoms with Gasteiger partial charge >= 0.3 is 0 Å². The molecule has 4 aromatic rings. The fourth-order valence-corrected chi connectivity index (χ4v) is 4.08. The van der Waals surface area contributed by atoms with Crippen LogP contribution in [0.1, 0.15) is 44.5 Å². The number of pyridine rings is 1. The molecular weight excluding hydrogens is 376 g/mol. The first-order chi connectivity index (χ1) is 14.5. The zero-order valence-electron chi connectivity index (χ0n) is 17.0. The van der Waals surface area contributed by atoms with Gasteiger partial charge in [-0.2, -0.15) is 0 Å². The first-order valence-corrected chi connectivity index (χ1v) is 9.86. The molecule has 2 aromatic carbocycles. The zero-order chi connectivity index (χ0) is 21.0. The standard InChI is InChI=1S/C25H20N2O3/c1-14-12-18-19(13-15(14)2)30-24-21(23(18)28)22(17-9-5-4-6-10-17)27(25(24)29)20-11-7-8-16(3)26-20/h4-13,22H,1-3H3. The number of nitrogens with zero attached hydrogens (tertiary/aromatic N) is 2. The van der Waals surface area contributed by atoms with Gasteiger partial charge in [0.25, 0.3) is 5.91 Å². The third-order valence-electron chi connectivity index (χ3n) is 5.72. The third kappa shape index (κ3) is 2.66. The summed E-state index contributed by atoms with van der Waals surface area (Å²) in [5, 5.41) is 0.490. The van der Waals surface area contributed by atoms with Crippen LogP contribution in [0, 0.1) is 20.8 Å². The molecule has 2 aromatic heterocycles. The van der Waals surface area contributed by atoms with E-state index in [4.69, 9.17) is 4.42 Å². The van der Waals surface area contributed by atoms with Gasteiger partial charge in [-0.15, -0.1) is 0 Å². The molecule has 0 fully saturated rings. The number of rotatable bonds is 2. The van der Waals surface area contributed by atoms with Gasteiger partial charge in [0, 0.05) is 5.69 Å². The molecule has 5 nitrogen and oxygen atoms in total. The maximum atomic E-state index is 13.6. The van der Waals surface area contributed by atoms with E-state index in [-0.39, 0.29) is 17.1 Å². The Balaban J connectivity index is 1.84. The lowest BCUT2D eigenvalue weighted by atomic mass is 9.97. The molecule has 0 spiro atoms. The summed E-state index contributed by atoms with van der Waals surface area (Å²) in [6, 6.07) is 18.1. The number of benzene rings is 2. The molecule has 0 bridgehead atoms. The molecule has 5 heteroatoms. The number of hydrogen-bond donors (Lipinski definition) is 0. The number of carbonyl (C=O) groups is 1. The van der Waals surface area contributed by atoms with Crippen LogP contribution in [0.3, 0.4) is 0 Å². The lowest BCUT2D eigenvalue weighted by Crippen LogP contribution is -2.30. The van der Waals surface area contributed by atoms with Gasteiger partial charge in [-0.05, 0) is 61.7 Å². The van der Waals surface area contributed by atoms with Crippen molar-refractivity contribution in [2.24, 2.45) is 0 Å². The van der Waals surface area contributed by atoms with E-state index in [1.165, 1.54) is 0 Å². The maximum Gasteiger partial charge on any atom is 0.296 e. The molecule has 1 aliphatic rings. The Hall–Kier alpha value is -3.73. The molecule has 0 saturated heterocycles. The Kier molecular flexibility index (Phi) is 4.07. The van der Waals surface area contributed by atoms with E-state index in [1.54, 1.807) is 11.0 Å². The molecule has 3 heterocycles. The molecule has 5 rings (SSSR count). The molecule has 1 unspecified atom stereocenters. The van der Waals surface area contributed by atoms with E-state index < -0.39 is 6.04 Å². The lowest BCUT2D eigenvalue weighted by molar-refractivity contribution is 0.0970. The smallest absolute Gasteiger partial charge is 0.296 e. The van der Waals surface area contributed by atoms with Crippen LogP contribution < -0.4 is 10.3 Å². The molecule has 1 atom stereocenters. The molecule has 1 aliphatic heterocycles. The van der Waals surface area contributed by atoms with Gasteiger partial charge in [-0.3, -0.25) is 14.5 Å². The summed E-state index contributed by atoms with van der Waals surface area (Å²) in [5.74, 6) is 0.234. The van der Waals surface area contributed by atoms with Crippen LogP contribution >= 0.6 is 0 Å². The Bertz CT molecular complexity index is 1370. The van der Waals surface area contributed by atoms with E-state index >= 15 is 0 Å². The Labute approximate surface area is 173 Å². The van der Waals surface area contributed by atoms with Crippen LogP contribution in [0.15, 0.2) is 69.9 Å². The summed E-state index contributed by atoms with van der Waals surface area (Å²) in [4.78, 5) is 33.2. The molecule has 148 valence electrons. The van der Waals surface area contributed by atoms with E-state index in [2.05, 4.69) is 4.98 Å². The highest BCUT2D eigenvalue weighted by atomic mass is 16.3. The van der Waals surface area contributed by atoms with Crippen molar-refractivity contribution < 1.29 is 9.21 Å². The molecule has 0 aliphatic carbocycles. The predicted octanol–water partition coefficient (Wildman–Crippen LogP) is 4.86. The summed E-state index contributed by atoms with van der Waals surface area (Å²) < 4.78 is 6.05. The van der Waals surface area contributed by atoms with Crippen molar-refractivity contribution >= 4 is 22.7 Å². The van der Waals surface area contributed by atoms with Crippen LogP contribution in [-0.4, -0.2) is 10.9 Å². The minimum Gasteiger partial charge on any atom is -0.450 e. The summed E-state index contributed by atoms with van der Waals surface area (Å²) in [7, 11) is 0. The van der Waals surface area contributed by atoms with Crippen molar-refractivity contribution in [3.8, 4) is 0 Å². The van der Waals surface area contributed by atoms with E-state index in [1.807, 2.05) is 75.4 Å². The van der Waals surface area contributed by atoms with Crippen molar-refractivity contribution in [3.63, 3.8) is 0 Å². The highest BCUT2D eigenvalue weighted by Crippen LogP contribution is 2.40. The number of fused-ring (bicyclic) bond motifs is 2. The Morgan fingerprint density at radius 1 is 0.900 bits per heavy atom. The summed E-state index contributed by atoms with van der Waals surface area (Å²) in [5.41, 5.74) is 4.26. The van der Waals surface area contributed by atoms with Gasteiger partial charge in [0.1, 0.15) is 11.4 Å². The largest absolute Gasteiger partial charge is 0.450 e. The fraction of sp³-hybridized carbons (Fsp3) is 0.160. The highest BCUT2D eigenvalue weighted by Gasteiger charge is 2.44. The Morgan fingerprint density at radius 3 is 2.37 bits per heavy atom. The third-order valence-corrected chi connectivity index (χ3v) is 5.72. The van der Waals surface area contributed by atoms with Crippen LogP contribution in [0.5, 0.6) is 0 Å². The quantitative estimate of drug-likeness (QED) is 0.485. The van der Waals surface area contributed by atoms with Crippen LogP contribution in [-0.2, 0) is 0 Å². The molecule has 0 N–H and O–H groups in total. The van der Waals surface area contributed by atoms with Gasteiger partial charge < -0.3 is 4.42 Å². The SMILES string of the molecule is Cc1cccc(N2C(=O)c3oc4cc(C)c(C)cc4c(=O)c3C2c2ccccc2)n1. The second kappa shape index (κ2) is 6.66. The van der Waals surface area contributed by atoms with Crippen molar-refractivity contribution in [2.75, 3.05) is 4.90 Å². The summed E-state index contributed by atoms with van der Waals surface area (Å²) in [6.07, 6.45) is 0. The van der Waals surface area contributed by atoms with Crippen molar-refractivity contribution in [1.29, 1.82) is 0 Å². The minimum absolute atomic E-state index is 0.0907. The Morgan fingerprint density at radius 2 is 1.63 bits per heavy atom. The van der Waals surface area contributed by atoms with Crippen LogP contribution in [0.25, 0.3) is 11.0 Å². The molecular formula is C25H20N2O3. The van der Waals surface area contributed by atoms with Gasteiger partial charge in [0.15, 0.2) is 5.43 Å². The fourth-order valence-electron chi connectivity index (χ4n) is 4.08. The first kappa shape index (κ1) is 18.3. The normalized spacial score (nSPS) is 15.6. The molecule has 30 heavy (non-hydrogen) atoms. The van der Waals surface area contributed by atoms with E-state index in [0.29, 0.717) is 22.4 Å². The van der Waals surface area contributed by atoms with Gasteiger partial charge in [-0.1, -0.05) is 36.4 Å². The monoisotopic (exact) mass is 396 g/mol. The predicted molar refractivity (Wildman–Crippen MR) is 116 cm³/mol. The van der Waals surface area contributed by atoms with Crippen molar-refractivity contribution in [1.82, 2.24) is 4.98 Å². The van der Waals surface area contributed by atoms with Crippen LogP contribution in [0.2, 0.25) is 0 Å². The number of anilines is 1.